The number of carbonyl (C=O) groups excluding carboxylic acids is 2. The van der Waals surface area contributed by atoms with Crippen molar-refractivity contribution >= 4 is 11.6 Å². The first-order chi connectivity index (χ1) is 13.7. The molecule has 0 fully saturated rings. The van der Waals surface area contributed by atoms with Crippen molar-refractivity contribution in [3.8, 4) is 0 Å². The molecule has 0 radical (unpaired) electrons. The molecule has 0 aliphatic heterocycles. The van der Waals surface area contributed by atoms with Crippen molar-refractivity contribution in [2.75, 3.05) is 0 Å². The summed E-state index contributed by atoms with van der Waals surface area (Å²) < 4.78 is 5.85. The highest BCUT2D eigenvalue weighted by Crippen LogP contribution is 2.26. The fourth-order valence-corrected chi connectivity index (χ4v) is 3.28. The Kier molecular flexibility index (Phi) is 9.47. The molecule has 0 spiro atoms. The average molecular weight is 381 g/mol. The maximum Gasteiger partial charge on any atom is 0.251 e. The Hall–Kier alpha value is -2.42. The first-order valence-corrected chi connectivity index (χ1v) is 10.5. The summed E-state index contributed by atoms with van der Waals surface area (Å²) in [5.41, 5.74) is -0.844. The third-order valence-electron chi connectivity index (χ3n) is 5.01. The lowest BCUT2D eigenvalue weighted by Crippen LogP contribution is -2.43. The van der Waals surface area contributed by atoms with Gasteiger partial charge < -0.3 is 4.74 Å². The summed E-state index contributed by atoms with van der Waals surface area (Å²) >= 11 is 0. The van der Waals surface area contributed by atoms with E-state index in [9.17, 15) is 9.59 Å². The van der Waals surface area contributed by atoms with Crippen molar-refractivity contribution in [1.82, 2.24) is 0 Å². The number of hydrogen-bond donors (Lipinski definition) is 0. The zero-order valence-corrected chi connectivity index (χ0v) is 16.9. The molecule has 28 heavy (non-hydrogen) atoms. The van der Waals surface area contributed by atoms with Gasteiger partial charge in [0, 0.05) is 12.0 Å². The van der Waals surface area contributed by atoms with E-state index in [1.165, 1.54) is 38.5 Å². The normalized spacial score (nSPS) is 18.5. The Balaban J connectivity index is 1.86. The molecule has 0 saturated heterocycles. The van der Waals surface area contributed by atoms with Crippen LogP contribution in [-0.2, 0) is 9.53 Å². The fourth-order valence-electron chi connectivity index (χ4n) is 3.28. The van der Waals surface area contributed by atoms with Gasteiger partial charge in [0.15, 0.2) is 5.60 Å². The van der Waals surface area contributed by atoms with E-state index < -0.39 is 17.2 Å². The van der Waals surface area contributed by atoms with Gasteiger partial charge in [-0.1, -0.05) is 94.0 Å². The van der Waals surface area contributed by atoms with Gasteiger partial charge in [0.1, 0.15) is 0 Å². The van der Waals surface area contributed by atoms with E-state index in [1.807, 2.05) is 24.3 Å². The molecule has 1 aromatic carbocycles. The molecule has 0 amide bonds. The van der Waals surface area contributed by atoms with Crippen LogP contribution >= 0.6 is 0 Å². The molecule has 1 aliphatic rings. The lowest BCUT2D eigenvalue weighted by molar-refractivity contribution is -0.128. The van der Waals surface area contributed by atoms with Crippen LogP contribution in [0, 0.1) is 0 Å². The van der Waals surface area contributed by atoms with Crippen LogP contribution in [0.25, 0.3) is 0 Å². The second kappa shape index (κ2) is 12.1. The monoisotopic (exact) mass is 380 g/mol. The lowest BCUT2D eigenvalue weighted by Gasteiger charge is -2.28. The van der Waals surface area contributed by atoms with Crippen LogP contribution in [0.4, 0.5) is 0 Å². The van der Waals surface area contributed by atoms with Crippen molar-refractivity contribution in [2.24, 2.45) is 0 Å². The van der Waals surface area contributed by atoms with Gasteiger partial charge >= 0.3 is 0 Å². The molecule has 1 atom stereocenters. The first-order valence-electron chi connectivity index (χ1n) is 10.5. The average Bonchev–Trinajstić information content (AvgIpc) is 2.75. The fraction of sp³-hybridized carbons (Fsp3) is 0.440. The summed E-state index contributed by atoms with van der Waals surface area (Å²) in [6.45, 7) is 2.23. The van der Waals surface area contributed by atoms with Gasteiger partial charge in [-0.05, 0) is 25.0 Å². The highest BCUT2D eigenvalue weighted by atomic mass is 16.5. The molecule has 3 heteroatoms. The maximum absolute atomic E-state index is 12.9. The molecule has 1 unspecified atom stereocenters. The SMILES string of the molecule is CCCCCCCCCC=COC1(C(=O)C(=O)c2ccccc2)C=CC=CC1. The summed E-state index contributed by atoms with van der Waals surface area (Å²) in [4.78, 5) is 25.5. The number of rotatable bonds is 13. The van der Waals surface area contributed by atoms with Crippen molar-refractivity contribution < 1.29 is 14.3 Å². The molecule has 0 bridgehead atoms. The van der Waals surface area contributed by atoms with E-state index in [-0.39, 0.29) is 0 Å². The van der Waals surface area contributed by atoms with Gasteiger partial charge in [0.25, 0.3) is 5.78 Å². The summed E-state index contributed by atoms with van der Waals surface area (Å²) in [5, 5.41) is 0. The first kappa shape index (κ1) is 21.9. The number of hydrogen-bond acceptors (Lipinski definition) is 3. The smallest absolute Gasteiger partial charge is 0.251 e. The number of ketones is 2. The highest BCUT2D eigenvalue weighted by molar-refractivity contribution is 6.46. The van der Waals surface area contributed by atoms with Crippen molar-refractivity contribution in [2.45, 2.75) is 70.3 Å². The molecule has 1 aliphatic carbocycles. The van der Waals surface area contributed by atoms with Gasteiger partial charge in [-0.2, -0.15) is 0 Å². The lowest BCUT2D eigenvalue weighted by atomic mass is 9.86. The highest BCUT2D eigenvalue weighted by Gasteiger charge is 2.41. The Morgan fingerprint density at radius 3 is 2.39 bits per heavy atom. The summed E-state index contributed by atoms with van der Waals surface area (Å²) in [5.74, 6) is -1.04. The minimum absolute atomic E-state index is 0.364. The van der Waals surface area contributed by atoms with Crippen LogP contribution in [0.1, 0.15) is 75.1 Å². The number of ether oxygens (including phenoxy) is 1. The second-order valence-electron chi connectivity index (χ2n) is 7.30. The van der Waals surface area contributed by atoms with Crippen LogP contribution in [0.15, 0.2) is 67.0 Å². The largest absolute Gasteiger partial charge is 0.482 e. The van der Waals surface area contributed by atoms with Gasteiger partial charge in [0.2, 0.25) is 5.78 Å². The number of benzene rings is 1. The Labute approximate surface area is 169 Å². The van der Waals surface area contributed by atoms with E-state index in [1.54, 1.807) is 42.7 Å². The molecule has 2 rings (SSSR count). The molecule has 150 valence electrons. The molecular formula is C25H32O3. The molecule has 3 nitrogen and oxygen atoms in total. The van der Waals surface area contributed by atoms with Gasteiger partial charge in [-0.25, -0.2) is 0 Å². The molecule has 0 N–H and O–H groups in total. The Morgan fingerprint density at radius 1 is 1.00 bits per heavy atom. The van der Waals surface area contributed by atoms with Gasteiger partial charge in [-0.15, -0.1) is 0 Å². The zero-order chi connectivity index (χ0) is 20.1. The van der Waals surface area contributed by atoms with E-state index in [0.717, 1.165) is 12.8 Å². The van der Waals surface area contributed by atoms with Crippen molar-refractivity contribution in [1.29, 1.82) is 0 Å². The van der Waals surface area contributed by atoms with E-state index in [4.69, 9.17) is 4.74 Å². The summed E-state index contributed by atoms with van der Waals surface area (Å²) in [6.07, 6.45) is 20.9. The number of carbonyl (C=O) groups is 2. The predicted molar refractivity (Wildman–Crippen MR) is 114 cm³/mol. The minimum atomic E-state index is -1.24. The number of Topliss-reactive ketones (excluding diaryl/α,β-unsaturated/α-hetero) is 2. The van der Waals surface area contributed by atoms with Crippen molar-refractivity contribution in [3.63, 3.8) is 0 Å². The minimum Gasteiger partial charge on any atom is -0.482 e. The van der Waals surface area contributed by atoms with E-state index in [2.05, 4.69) is 6.92 Å². The van der Waals surface area contributed by atoms with Gasteiger partial charge in [0.05, 0.1) is 6.26 Å². The third-order valence-corrected chi connectivity index (χ3v) is 5.01. The molecule has 0 heterocycles. The van der Waals surface area contributed by atoms with Gasteiger partial charge in [-0.3, -0.25) is 9.59 Å². The summed E-state index contributed by atoms with van der Waals surface area (Å²) in [7, 11) is 0. The third kappa shape index (κ3) is 6.63. The van der Waals surface area contributed by atoms with Crippen LogP contribution in [0.2, 0.25) is 0 Å². The molecular weight excluding hydrogens is 348 g/mol. The Bertz CT molecular complexity index is 700. The molecule has 1 aromatic rings. The van der Waals surface area contributed by atoms with Crippen molar-refractivity contribution in [3.05, 3.63) is 72.5 Å². The molecule has 0 saturated carbocycles. The van der Waals surface area contributed by atoms with Crippen LogP contribution in [-0.4, -0.2) is 17.2 Å². The van der Waals surface area contributed by atoms with Crippen LogP contribution in [0.3, 0.4) is 0 Å². The van der Waals surface area contributed by atoms with Crippen LogP contribution < -0.4 is 0 Å². The second-order valence-corrected chi connectivity index (χ2v) is 7.30. The quantitative estimate of drug-likeness (QED) is 0.173. The number of allylic oxidation sites excluding steroid dienone is 3. The van der Waals surface area contributed by atoms with E-state index >= 15 is 0 Å². The van der Waals surface area contributed by atoms with Crippen LogP contribution in [0.5, 0.6) is 0 Å². The predicted octanol–water partition coefficient (Wildman–Crippen LogP) is 6.36. The maximum atomic E-state index is 12.9. The Morgan fingerprint density at radius 2 is 1.71 bits per heavy atom. The summed E-state index contributed by atoms with van der Waals surface area (Å²) in [6, 6.07) is 8.66. The topological polar surface area (TPSA) is 43.4 Å². The zero-order valence-electron chi connectivity index (χ0n) is 16.9. The number of unbranched alkanes of at least 4 members (excludes halogenated alkanes) is 7. The standard InChI is InChI=1S/C25H32O3/c1-2-3-4-5-6-7-8-9-16-21-28-25(19-14-11-15-20-25)24(27)23(26)22-17-12-10-13-18-22/h10-19,21H,2-9,20H2,1H3. The molecule has 0 aromatic heterocycles. The van der Waals surface area contributed by atoms with E-state index in [0.29, 0.717) is 12.0 Å².